The van der Waals surface area contributed by atoms with Crippen molar-refractivity contribution in [1.82, 2.24) is 15.5 Å². The third-order valence-corrected chi connectivity index (χ3v) is 3.65. The first kappa shape index (κ1) is 17.8. The Labute approximate surface area is 142 Å². The van der Waals surface area contributed by atoms with E-state index in [1.807, 2.05) is 16.8 Å². The number of nitrogens with zero attached hydrogens (tertiary/aromatic N) is 2. The van der Waals surface area contributed by atoms with Gasteiger partial charge in [0.15, 0.2) is 6.04 Å². The van der Waals surface area contributed by atoms with Crippen molar-refractivity contribution < 1.29 is 24.0 Å². The molecule has 9 heteroatoms. The zero-order valence-corrected chi connectivity index (χ0v) is 13.6. The number of rotatable bonds is 10. The number of aliphatic carboxylic acids is 1. The van der Waals surface area contributed by atoms with E-state index < -0.39 is 17.9 Å². The van der Waals surface area contributed by atoms with Crippen LogP contribution < -0.4 is 5.32 Å². The highest BCUT2D eigenvalue weighted by Gasteiger charge is 2.20. The molecule has 2 N–H and O–H groups in total. The number of nitrogens with one attached hydrogen (secondary N) is 1. The van der Waals surface area contributed by atoms with E-state index in [0.29, 0.717) is 11.7 Å². The molecule has 0 saturated heterocycles. The third-order valence-electron chi connectivity index (χ3n) is 2.97. The summed E-state index contributed by atoms with van der Waals surface area (Å²) >= 11 is 1.52. The van der Waals surface area contributed by atoms with Crippen LogP contribution in [-0.4, -0.2) is 46.4 Å². The molecule has 0 aromatic carbocycles. The summed E-state index contributed by atoms with van der Waals surface area (Å²) in [4.78, 5) is 27.1. The Bertz CT molecular complexity index is 683. The normalized spacial score (nSPS) is 11.8. The van der Waals surface area contributed by atoms with E-state index in [0.717, 1.165) is 5.56 Å². The van der Waals surface area contributed by atoms with Crippen LogP contribution in [0.15, 0.2) is 34.0 Å². The molecular weight excluding hydrogens is 334 g/mol. The number of hydrogen-bond donors (Lipinski definition) is 2. The molecule has 0 bridgehead atoms. The van der Waals surface area contributed by atoms with E-state index in [1.165, 1.54) is 17.4 Å². The summed E-state index contributed by atoms with van der Waals surface area (Å²) in [6, 6.07) is 0.758. The molecule has 2 aromatic rings. The summed E-state index contributed by atoms with van der Waals surface area (Å²) in [7, 11) is 0. The molecule has 0 aliphatic heterocycles. The van der Waals surface area contributed by atoms with Crippen LogP contribution in [0.25, 0.3) is 11.4 Å². The van der Waals surface area contributed by atoms with Crippen LogP contribution in [0.2, 0.25) is 0 Å². The van der Waals surface area contributed by atoms with Crippen LogP contribution in [0.5, 0.6) is 0 Å². The fourth-order valence-corrected chi connectivity index (χ4v) is 2.43. The van der Waals surface area contributed by atoms with E-state index in [1.54, 1.807) is 0 Å². The number of carbonyl (C=O) groups excluding carboxylic acids is 1. The van der Waals surface area contributed by atoms with Crippen LogP contribution in [0.1, 0.15) is 12.3 Å². The molecule has 0 spiro atoms. The first-order valence-electron chi connectivity index (χ1n) is 7.16. The Morgan fingerprint density at radius 1 is 1.54 bits per heavy atom. The summed E-state index contributed by atoms with van der Waals surface area (Å²) in [5.41, 5.74) is 0.852. The van der Waals surface area contributed by atoms with Gasteiger partial charge in [0.25, 0.3) is 0 Å². The van der Waals surface area contributed by atoms with Gasteiger partial charge in [0, 0.05) is 23.8 Å². The molecule has 2 heterocycles. The lowest BCUT2D eigenvalue weighted by Gasteiger charge is -2.13. The number of carbonyl (C=O) groups is 2. The minimum Gasteiger partial charge on any atom is -0.480 e. The second-order valence-corrected chi connectivity index (χ2v) is 5.59. The van der Waals surface area contributed by atoms with Crippen molar-refractivity contribution in [2.24, 2.45) is 0 Å². The van der Waals surface area contributed by atoms with E-state index in [9.17, 15) is 9.59 Å². The van der Waals surface area contributed by atoms with E-state index in [2.05, 4.69) is 22.0 Å². The number of carboxylic acids is 1. The van der Waals surface area contributed by atoms with Crippen molar-refractivity contribution in [3.63, 3.8) is 0 Å². The van der Waals surface area contributed by atoms with Crippen molar-refractivity contribution in [3.8, 4) is 11.4 Å². The standard InChI is InChI=1S/C15H17N3O5S/c1-2-6-22-8-11(15(20)21)16-12(19)3-4-13-17-14(18-23-13)10-5-7-24-9-10/h2,5,7,9,11H,1,3-4,6,8H2,(H,16,19)(H,20,21). The van der Waals surface area contributed by atoms with Crippen molar-refractivity contribution >= 4 is 23.2 Å². The van der Waals surface area contributed by atoms with Gasteiger partial charge in [-0.05, 0) is 11.4 Å². The average Bonchev–Trinajstić information content (AvgIpc) is 3.23. The number of amides is 1. The highest BCUT2D eigenvalue weighted by atomic mass is 32.1. The summed E-state index contributed by atoms with van der Waals surface area (Å²) in [5.74, 6) is -0.807. The van der Waals surface area contributed by atoms with Gasteiger partial charge < -0.3 is 19.7 Å². The Morgan fingerprint density at radius 2 is 2.38 bits per heavy atom. The zero-order valence-electron chi connectivity index (χ0n) is 12.8. The van der Waals surface area contributed by atoms with Gasteiger partial charge in [0.05, 0.1) is 13.2 Å². The number of thiophene rings is 1. The largest absolute Gasteiger partial charge is 0.480 e. The lowest BCUT2D eigenvalue weighted by atomic mass is 10.2. The molecular formula is C15H17N3O5S. The zero-order chi connectivity index (χ0) is 17.4. The molecule has 2 rings (SSSR count). The van der Waals surface area contributed by atoms with Gasteiger partial charge in [-0.15, -0.1) is 6.58 Å². The Morgan fingerprint density at radius 3 is 3.04 bits per heavy atom. The van der Waals surface area contributed by atoms with Crippen LogP contribution in [0.3, 0.4) is 0 Å². The molecule has 1 atom stereocenters. The van der Waals surface area contributed by atoms with Crippen LogP contribution in [0.4, 0.5) is 0 Å². The maximum absolute atomic E-state index is 11.9. The van der Waals surface area contributed by atoms with Crippen molar-refractivity contribution in [2.45, 2.75) is 18.9 Å². The fraction of sp³-hybridized carbons (Fsp3) is 0.333. The van der Waals surface area contributed by atoms with Crippen LogP contribution in [-0.2, 0) is 20.7 Å². The minimum absolute atomic E-state index is 0.0382. The van der Waals surface area contributed by atoms with Gasteiger partial charge in [-0.3, -0.25) is 4.79 Å². The maximum Gasteiger partial charge on any atom is 0.328 e. The molecule has 1 amide bonds. The molecule has 128 valence electrons. The molecule has 8 nitrogen and oxygen atoms in total. The van der Waals surface area contributed by atoms with Gasteiger partial charge in [-0.25, -0.2) is 4.79 Å². The topological polar surface area (TPSA) is 115 Å². The fourth-order valence-electron chi connectivity index (χ4n) is 1.80. The van der Waals surface area contributed by atoms with Crippen LogP contribution in [0, 0.1) is 0 Å². The van der Waals surface area contributed by atoms with Gasteiger partial charge in [0.1, 0.15) is 0 Å². The molecule has 0 aliphatic rings. The first-order chi connectivity index (χ1) is 11.6. The number of hydrogen-bond acceptors (Lipinski definition) is 7. The summed E-state index contributed by atoms with van der Waals surface area (Å²) in [6.07, 6.45) is 1.76. The molecule has 0 fully saturated rings. The second kappa shape index (κ2) is 8.94. The summed E-state index contributed by atoms with van der Waals surface area (Å²) in [6.45, 7) is 3.55. The van der Waals surface area contributed by atoms with Crippen molar-refractivity contribution in [1.29, 1.82) is 0 Å². The monoisotopic (exact) mass is 351 g/mol. The van der Waals surface area contributed by atoms with E-state index in [-0.39, 0.29) is 26.1 Å². The van der Waals surface area contributed by atoms with E-state index in [4.69, 9.17) is 14.4 Å². The van der Waals surface area contributed by atoms with Gasteiger partial charge in [-0.1, -0.05) is 11.2 Å². The lowest BCUT2D eigenvalue weighted by molar-refractivity contribution is -0.143. The highest BCUT2D eigenvalue weighted by molar-refractivity contribution is 7.08. The molecule has 2 aromatic heterocycles. The molecule has 0 aliphatic carbocycles. The lowest BCUT2D eigenvalue weighted by Crippen LogP contribution is -2.44. The Hall–Kier alpha value is -2.52. The molecule has 0 radical (unpaired) electrons. The number of ether oxygens (including phenoxy) is 1. The van der Waals surface area contributed by atoms with E-state index >= 15 is 0 Å². The van der Waals surface area contributed by atoms with Gasteiger partial charge in [0.2, 0.25) is 17.6 Å². The average molecular weight is 351 g/mol. The van der Waals surface area contributed by atoms with Gasteiger partial charge >= 0.3 is 5.97 Å². The highest BCUT2D eigenvalue weighted by Crippen LogP contribution is 2.18. The Balaban J connectivity index is 1.81. The van der Waals surface area contributed by atoms with Crippen LogP contribution >= 0.6 is 11.3 Å². The molecule has 1 unspecified atom stereocenters. The maximum atomic E-state index is 11.9. The number of carboxylic acid groups (broad SMARTS) is 1. The molecule has 0 saturated carbocycles. The summed E-state index contributed by atoms with van der Waals surface area (Å²) < 4.78 is 10.1. The van der Waals surface area contributed by atoms with Crippen molar-refractivity contribution in [2.75, 3.05) is 13.2 Å². The predicted molar refractivity (Wildman–Crippen MR) is 86.5 cm³/mol. The minimum atomic E-state index is -1.16. The third kappa shape index (κ3) is 5.28. The SMILES string of the molecule is C=CCOCC(NC(=O)CCc1nc(-c2ccsc2)no1)C(=O)O. The molecule has 24 heavy (non-hydrogen) atoms. The smallest absolute Gasteiger partial charge is 0.328 e. The second-order valence-electron chi connectivity index (χ2n) is 4.81. The predicted octanol–water partition coefficient (Wildman–Crippen LogP) is 1.50. The quantitative estimate of drug-likeness (QED) is 0.492. The van der Waals surface area contributed by atoms with Gasteiger partial charge in [-0.2, -0.15) is 16.3 Å². The number of aryl methyl sites for hydroxylation is 1. The summed E-state index contributed by atoms with van der Waals surface area (Å²) in [5, 5.41) is 19.1. The van der Waals surface area contributed by atoms with Crippen molar-refractivity contribution in [3.05, 3.63) is 35.4 Å². The first-order valence-corrected chi connectivity index (χ1v) is 8.10. The Kier molecular flexibility index (Phi) is 6.64. The number of aromatic nitrogens is 2.